The standard InChI is InChI=1S/C11H12ClNO4/c1-6(10(14)16-2)17-11(15)7-3-8(12)5-9(13)4-7/h3-6H,13H2,1-2H3. The summed E-state index contributed by atoms with van der Waals surface area (Å²) in [4.78, 5) is 22.7. The van der Waals surface area contributed by atoms with Gasteiger partial charge in [-0.3, -0.25) is 0 Å². The van der Waals surface area contributed by atoms with Crippen LogP contribution in [0.4, 0.5) is 5.69 Å². The zero-order valence-electron chi connectivity index (χ0n) is 9.40. The Balaban J connectivity index is 2.79. The zero-order valence-corrected chi connectivity index (χ0v) is 10.2. The monoisotopic (exact) mass is 257 g/mol. The summed E-state index contributed by atoms with van der Waals surface area (Å²) in [5, 5.41) is 0.322. The van der Waals surface area contributed by atoms with Crippen LogP contribution in [0.1, 0.15) is 17.3 Å². The van der Waals surface area contributed by atoms with E-state index in [-0.39, 0.29) is 5.56 Å². The highest BCUT2D eigenvalue weighted by atomic mass is 35.5. The lowest BCUT2D eigenvalue weighted by atomic mass is 10.2. The largest absolute Gasteiger partial charge is 0.466 e. The molecule has 6 heteroatoms. The SMILES string of the molecule is COC(=O)C(C)OC(=O)c1cc(N)cc(Cl)c1. The quantitative estimate of drug-likeness (QED) is 0.658. The first-order chi connectivity index (χ1) is 7.93. The minimum atomic E-state index is -0.979. The maximum Gasteiger partial charge on any atom is 0.346 e. The molecule has 0 amide bonds. The molecule has 0 aliphatic heterocycles. The average Bonchev–Trinajstić information content (AvgIpc) is 2.26. The highest BCUT2D eigenvalue weighted by Crippen LogP contribution is 2.17. The van der Waals surface area contributed by atoms with Gasteiger partial charge in [0.25, 0.3) is 0 Å². The third-order valence-corrected chi connectivity index (χ3v) is 2.19. The molecule has 17 heavy (non-hydrogen) atoms. The number of nitrogens with two attached hydrogens (primary N) is 1. The van der Waals surface area contributed by atoms with E-state index in [0.717, 1.165) is 0 Å². The van der Waals surface area contributed by atoms with Gasteiger partial charge in [-0.15, -0.1) is 0 Å². The lowest BCUT2D eigenvalue weighted by molar-refractivity contribution is -0.149. The highest BCUT2D eigenvalue weighted by Gasteiger charge is 2.19. The summed E-state index contributed by atoms with van der Waals surface area (Å²) < 4.78 is 9.30. The second-order valence-electron chi connectivity index (χ2n) is 3.34. The van der Waals surface area contributed by atoms with Crippen molar-refractivity contribution in [2.75, 3.05) is 12.8 Å². The number of nitrogen functional groups attached to an aromatic ring is 1. The van der Waals surface area contributed by atoms with Crippen molar-refractivity contribution < 1.29 is 19.1 Å². The van der Waals surface area contributed by atoms with Gasteiger partial charge < -0.3 is 15.2 Å². The molecule has 0 aliphatic carbocycles. The summed E-state index contributed by atoms with van der Waals surface area (Å²) in [6.45, 7) is 1.41. The van der Waals surface area contributed by atoms with Gasteiger partial charge in [0.15, 0.2) is 6.10 Å². The number of carbonyl (C=O) groups is 2. The number of hydrogen-bond acceptors (Lipinski definition) is 5. The van der Waals surface area contributed by atoms with E-state index in [0.29, 0.717) is 10.7 Å². The molecule has 0 aromatic heterocycles. The van der Waals surface area contributed by atoms with Crippen LogP contribution in [0.15, 0.2) is 18.2 Å². The van der Waals surface area contributed by atoms with E-state index < -0.39 is 18.0 Å². The molecule has 0 radical (unpaired) electrons. The predicted molar refractivity (Wildman–Crippen MR) is 62.8 cm³/mol. The van der Waals surface area contributed by atoms with Gasteiger partial charge in [0.1, 0.15) is 0 Å². The van der Waals surface area contributed by atoms with E-state index in [1.165, 1.54) is 32.2 Å². The third kappa shape index (κ3) is 3.64. The Morgan fingerprint density at radius 3 is 2.53 bits per heavy atom. The number of carbonyl (C=O) groups excluding carboxylic acids is 2. The molecule has 0 aliphatic rings. The van der Waals surface area contributed by atoms with Gasteiger partial charge in [-0.2, -0.15) is 0 Å². The molecule has 0 saturated heterocycles. The second kappa shape index (κ2) is 5.54. The number of esters is 2. The average molecular weight is 258 g/mol. The molecular weight excluding hydrogens is 246 g/mol. The molecule has 1 atom stereocenters. The lowest BCUT2D eigenvalue weighted by Crippen LogP contribution is -2.25. The number of ether oxygens (including phenoxy) is 2. The molecular formula is C11H12ClNO4. The Morgan fingerprint density at radius 1 is 1.35 bits per heavy atom. The van der Waals surface area contributed by atoms with Gasteiger partial charge in [-0.1, -0.05) is 11.6 Å². The van der Waals surface area contributed by atoms with Crippen LogP contribution < -0.4 is 5.73 Å². The van der Waals surface area contributed by atoms with E-state index in [2.05, 4.69) is 4.74 Å². The maximum absolute atomic E-state index is 11.6. The number of rotatable bonds is 3. The van der Waals surface area contributed by atoms with Crippen LogP contribution in [-0.2, 0) is 14.3 Å². The van der Waals surface area contributed by atoms with Crippen LogP contribution in [0, 0.1) is 0 Å². The smallest absolute Gasteiger partial charge is 0.346 e. The molecule has 2 N–H and O–H groups in total. The molecule has 5 nitrogen and oxygen atoms in total. The Bertz CT molecular complexity index is 427. The Hall–Kier alpha value is -1.75. The molecule has 0 heterocycles. The molecule has 1 unspecified atom stereocenters. The van der Waals surface area contributed by atoms with Crippen LogP contribution in [0.2, 0.25) is 5.02 Å². The van der Waals surface area contributed by atoms with Gasteiger partial charge in [-0.25, -0.2) is 9.59 Å². The second-order valence-corrected chi connectivity index (χ2v) is 3.78. The topological polar surface area (TPSA) is 78.6 Å². The summed E-state index contributed by atoms with van der Waals surface area (Å²) in [5.41, 5.74) is 6.06. The van der Waals surface area contributed by atoms with Gasteiger partial charge in [-0.05, 0) is 25.1 Å². The molecule has 1 aromatic carbocycles. The van der Waals surface area contributed by atoms with Crippen LogP contribution in [0.5, 0.6) is 0 Å². The molecule has 0 spiro atoms. The van der Waals surface area contributed by atoms with Crippen LogP contribution in [-0.4, -0.2) is 25.2 Å². The van der Waals surface area contributed by atoms with Gasteiger partial charge >= 0.3 is 11.9 Å². The van der Waals surface area contributed by atoms with Crippen molar-refractivity contribution in [3.05, 3.63) is 28.8 Å². The molecule has 92 valence electrons. The number of benzene rings is 1. The third-order valence-electron chi connectivity index (χ3n) is 1.97. The first kappa shape index (κ1) is 13.3. The fourth-order valence-electron chi connectivity index (χ4n) is 1.17. The fourth-order valence-corrected chi connectivity index (χ4v) is 1.42. The summed E-state index contributed by atoms with van der Waals surface area (Å²) in [6.07, 6.45) is -0.979. The maximum atomic E-state index is 11.6. The molecule has 0 saturated carbocycles. The van der Waals surface area contributed by atoms with Gasteiger partial charge in [0, 0.05) is 10.7 Å². The molecule has 1 rings (SSSR count). The van der Waals surface area contributed by atoms with Crippen LogP contribution >= 0.6 is 11.6 Å². The number of hydrogen-bond donors (Lipinski definition) is 1. The lowest BCUT2D eigenvalue weighted by Gasteiger charge is -2.11. The first-order valence-electron chi connectivity index (χ1n) is 4.79. The zero-order chi connectivity index (χ0) is 13.0. The van der Waals surface area contributed by atoms with Crippen molar-refractivity contribution in [2.45, 2.75) is 13.0 Å². The van der Waals surface area contributed by atoms with Crippen molar-refractivity contribution in [3.8, 4) is 0 Å². The van der Waals surface area contributed by atoms with E-state index >= 15 is 0 Å². The van der Waals surface area contributed by atoms with Crippen LogP contribution in [0.3, 0.4) is 0 Å². The fraction of sp³-hybridized carbons (Fsp3) is 0.273. The van der Waals surface area contributed by atoms with Crippen molar-refractivity contribution in [1.29, 1.82) is 0 Å². The molecule has 0 bridgehead atoms. The van der Waals surface area contributed by atoms with Gasteiger partial charge in [0.2, 0.25) is 0 Å². The first-order valence-corrected chi connectivity index (χ1v) is 5.16. The summed E-state index contributed by atoms with van der Waals surface area (Å²) >= 11 is 5.74. The van der Waals surface area contributed by atoms with Crippen molar-refractivity contribution in [1.82, 2.24) is 0 Å². The predicted octanol–water partition coefficient (Wildman–Crippen LogP) is 1.64. The van der Waals surface area contributed by atoms with Crippen molar-refractivity contribution in [3.63, 3.8) is 0 Å². The van der Waals surface area contributed by atoms with E-state index in [1.807, 2.05) is 0 Å². The Kier molecular flexibility index (Phi) is 4.34. The van der Waals surface area contributed by atoms with Crippen molar-refractivity contribution in [2.24, 2.45) is 0 Å². The highest BCUT2D eigenvalue weighted by molar-refractivity contribution is 6.31. The number of halogens is 1. The number of methoxy groups -OCH3 is 1. The minimum Gasteiger partial charge on any atom is -0.466 e. The minimum absolute atomic E-state index is 0.186. The van der Waals surface area contributed by atoms with E-state index in [1.54, 1.807) is 0 Å². The summed E-state index contributed by atoms with van der Waals surface area (Å²) in [7, 11) is 1.21. The van der Waals surface area contributed by atoms with E-state index in [9.17, 15) is 9.59 Å². The Labute approximate surface area is 103 Å². The van der Waals surface area contributed by atoms with E-state index in [4.69, 9.17) is 22.1 Å². The normalized spacial score (nSPS) is 11.7. The molecule has 1 aromatic rings. The molecule has 0 fully saturated rings. The Morgan fingerprint density at radius 2 is 2.00 bits per heavy atom. The van der Waals surface area contributed by atoms with Gasteiger partial charge in [0.05, 0.1) is 12.7 Å². The number of anilines is 1. The summed E-state index contributed by atoms with van der Waals surface area (Å²) in [5.74, 6) is -1.31. The summed E-state index contributed by atoms with van der Waals surface area (Å²) in [6, 6.07) is 4.32. The van der Waals surface area contributed by atoms with Crippen LogP contribution in [0.25, 0.3) is 0 Å². The van der Waals surface area contributed by atoms with Crippen molar-refractivity contribution >= 4 is 29.2 Å².